The van der Waals surface area contributed by atoms with Crippen LogP contribution in [0.5, 0.6) is 0 Å². The van der Waals surface area contributed by atoms with Gasteiger partial charge in [-0.2, -0.15) is 4.98 Å². The Morgan fingerprint density at radius 2 is 2.18 bits per heavy atom. The van der Waals surface area contributed by atoms with Crippen LogP contribution in [0.1, 0.15) is 37.0 Å². The van der Waals surface area contributed by atoms with E-state index in [0.29, 0.717) is 24.2 Å². The van der Waals surface area contributed by atoms with Crippen molar-refractivity contribution in [1.29, 1.82) is 0 Å². The zero-order chi connectivity index (χ0) is 12.3. The maximum Gasteiger partial charge on any atom is 0.223 e. The largest absolute Gasteiger partial charge is 0.347 e. The summed E-state index contributed by atoms with van der Waals surface area (Å²) >= 11 is 0. The molecule has 0 radical (unpaired) electrons. The van der Waals surface area contributed by atoms with Gasteiger partial charge in [0.1, 0.15) is 0 Å². The summed E-state index contributed by atoms with van der Waals surface area (Å²) in [4.78, 5) is 12.6. The number of nitrogens with zero attached hydrogens (tertiary/aromatic N) is 4. The van der Waals surface area contributed by atoms with Gasteiger partial charge in [0, 0.05) is 11.4 Å². The number of aryl methyl sites for hydroxylation is 1. The SMILES string of the molecule is Cc1cc(C(C)C)nc(NCc2ncon2)n1. The van der Waals surface area contributed by atoms with Gasteiger partial charge in [-0.3, -0.25) is 0 Å². The van der Waals surface area contributed by atoms with E-state index in [9.17, 15) is 0 Å². The highest BCUT2D eigenvalue weighted by atomic mass is 16.5. The number of rotatable bonds is 4. The normalized spacial score (nSPS) is 10.8. The molecule has 0 atom stereocenters. The quantitative estimate of drug-likeness (QED) is 0.869. The first-order valence-electron chi connectivity index (χ1n) is 5.50. The number of nitrogens with one attached hydrogen (secondary N) is 1. The van der Waals surface area contributed by atoms with Crippen LogP contribution < -0.4 is 5.32 Å². The van der Waals surface area contributed by atoms with E-state index in [1.54, 1.807) is 0 Å². The number of hydrogen-bond acceptors (Lipinski definition) is 6. The van der Waals surface area contributed by atoms with Gasteiger partial charge in [0.25, 0.3) is 0 Å². The Morgan fingerprint density at radius 1 is 1.35 bits per heavy atom. The van der Waals surface area contributed by atoms with E-state index in [0.717, 1.165) is 11.4 Å². The second-order valence-corrected chi connectivity index (χ2v) is 4.11. The van der Waals surface area contributed by atoms with Gasteiger partial charge in [-0.25, -0.2) is 9.97 Å². The molecule has 0 unspecified atom stereocenters. The highest BCUT2D eigenvalue weighted by Crippen LogP contribution is 2.14. The molecule has 0 spiro atoms. The zero-order valence-electron chi connectivity index (χ0n) is 10.1. The molecule has 0 aliphatic rings. The van der Waals surface area contributed by atoms with E-state index < -0.39 is 0 Å². The van der Waals surface area contributed by atoms with Crippen molar-refractivity contribution in [3.63, 3.8) is 0 Å². The summed E-state index contributed by atoms with van der Waals surface area (Å²) in [5.41, 5.74) is 1.97. The summed E-state index contributed by atoms with van der Waals surface area (Å²) in [6.07, 6.45) is 1.30. The maximum atomic E-state index is 4.65. The third kappa shape index (κ3) is 2.99. The smallest absolute Gasteiger partial charge is 0.223 e. The molecule has 0 saturated heterocycles. The molecular formula is C11H15N5O. The molecular weight excluding hydrogens is 218 g/mol. The minimum atomic E-state index is 0.377. The van der Waals surface area contributed by atoms with Gasteiger partial charge in [-0.05, 0) is 18.9 Å². The Balaban J connectivity index is 2.10. The summed E-state index contributed by atoms with van der Waals surface area (Å²) in [5, 5.41) is 6.78. The van der Waals surface area contributed by atoms with Crippen molar-refractivity contribution in [2.75, 3.05) is 5.32 Å². The molecule has 0 bridgehead atoms. The molecule has 0 amide bonds. The van der Waals surface area contributed by atoms with E-state index in [1.165, 1.54) is 6.39 Å². The minimum Gasteiger partial charge on any atom is -0.347 e. The first kappa shape index (κ1) is 11.5. The molecule has 2 heterocycles. The number of aromatic nitrogens is 4. The monoisotopic (exact) mass is 233 g/mol. The van der Waals surface area contributed by atoms with Crippen molar-refractivity contribution in [1.82, 2.24) is 20.1 Å². The first-order chi connectivity index (χ1) is 8.15. The van der Waals surface area contributed by atoms with Crippen molar-refractivity contribution in [3.05, 3.63) is 29.7 Å². The average molecular weight is 233 g/mol. The molecule has 2 aromatic heterocycles. The fourth-order valence-corrected chi connectivity index (χ4v) is 1.40. The second-order valence-electron chi connectivity index (χ2n) is 4.11. The summed E-state index contributed by atoms with van der Waals surface area (Å²) in [6.45, 7) is 6.61. The molecule has 0 aliphatic heterocycles. The van der Waals surface area contributed by atoms with Gasteiger partial charge >= 0.3 is 0 Å². The van der Waals surface area contributed by atoms with Crippen LogP contribution in [0.15, 0.2) is 17.0 Å². The van der Waals surface area contributed by atoms with Crippen LogP contribution >= 0.6 is 0 Å². The topological polar surface area (TPSA) is 76.7 Å². The minimum absolute atomic E-state index is 0.377. The van der Waals surface area contributed by atoms with Gasteiger partial charge < -0.3 is 9.84 Å². The summed E-state index contributed by atoms with van der Waals surface area (Å²) < 4.78 is 4.65. The summed E-state index contributed by atoms with van der Waals surface area (Å²) in [7, 11) is 0. The van der Waals surface area contributed by atoms with Crippen molar-refractivity contribution < 1.29 is 4.52 Å². The first-order valence-corrected chi connectivity index (χ1v) is 5.50. The lowest BCUT2D eigenvalue weighted by Gasteiger charge is -2.08. The van der Waals surface area contributed by atoms with Gasteiger partial charge in [-0.15, -0.1) is 0 Å². The van der Waals surface area contributed by atoms with E-state index >= 15 is 0 Å². The predicted molar refractivity (Wildman–Crippen MR) is 62.5 cm³/mol. The predicted octanol–water partition coefficient (Wildman–Crippen LogP) is 1.90. The molecule has 2 aromatic rings. The van der Waals surface area contributed by atoms with Crippen LogP contribution in [0, 0.1) is 6.92 Å². The Morgan fingerprint density at radius 3 is 2.82 bits per heavy atom. The Labute approximate surface area is 99.5 Å². The summed E-state index contributed by atoms with van der Waals surface area (Å²) in [6, 6.07) is 1.99. The molecule has 1 N–H and O–H groups in total. The lowest BCUT2D eigenvalue weighted by molar-refractivity contribution is 0.411. The van der Waals surface area contributed by atoms with Crippen LogP contribution in [0.25, 0.3) is 0 Å². The molecule has 0 aliphatic carbocycles. The van der Waals surface area contributed by atoms with Crippen LogP contribution in [0.3, 0.4) is 0 Å². The number of anilines is 1. The van der Waals surface area contributed by atoms with Gasteiger partial charge in [0.2, 0.25) is 12.3 Å². The lowest BCUT2D eigenvalue weighted by Crippen LogP contribution is -2.07. The molecule has 90 valence electrons. The fourth-order valence-electron chi connectivity index (χ4n) is 1.40. The Hall–Kier alpha value is -1.98. The van der Waals surface area contributed by atoms with E-state index in [-0.39, 0.29) is 0 Å². The third-order valence-corrected chi connectivity index (χ3v) is 2.28. The molecule has 2 rings (SSSR count). The highest BCUT2D eigenvalue weighted by molar-refractivity contribution is 5.29. The molecule has 0 aromatic carbocycles. The van der Waals surface area contributed by atoms with Crippen molar-refractivity contribution >= 4 is 5.95 Å². The Kier molecular flexibility index (Phi) is 3.32. The molecule has 0 fully saturated rings. The maximum absolute atomic E-state index is 4.65. The molecule has 0 saturated carbocycles. The van der Waals surface area contributed by atoms with E-state index in [1.807, 2.05) is 13.0 Å². The van der Waals surface area contributed by atoms with Gasteiger partial charge in [-0.1, -0.05) is 19.0 Å². The summed E-state index contributed by atoms with van der Waals surface area (Å²) in [5.74, 6) is 1.56. The lowest BCUT2D eigenvalue weighted by atomic mass is 10.1. The fraction of sp³-hybridized carbons (Fsp3) is 0.455. The van der Waals surface area contributed by atoms with Crippen LogP contribution in [-0.2, 0) is 6.54 Å². The average Bonchev–Trinajstić information content (AvgIpc) is 2.78. The number of hydrogen-bond donors (Lipinski definition) is 1. The second kappa shape index (κ2) is 4.90. The highest BCUT2D eigenvalue weighted by Gasteiger charge is 2.06. The standard InChI is InChI=1S/C11H15N5O/c1-7(2)9-4-8(3)14-11(15-9)12-5-10-13-6-17-16-10/h4,6-7H,5H2,1-3H3,(H,12,14,15). The third-order valence-electron chi connectivity index (χ3n) is 2.28. The zero-order valence-corrected chi connectivity index (χ0v) is 10.1. The van der Waals surface area contributed by atoms with E-state index in [2.05, 4.69) is 43.8 Å². The van der Waals surface area contributed by atoms with Crippen LogP contribution in [0.4, 0.5) is 5.95 Å². The van der Waals surface area contributed by atoms with Gasteiger partial charge in [0.05, 0.1) is 6.54 Å². The Bertz CT molecular complexity index is 481. The van der Waals surface area contributed by atoms with E-state index in [4.69, 9.17) is 0 Å². The van der Waals surface area contributed by atoms with Crippen LogP contribution in [0.2, 0.25) is 0 Å². The molecule has 6 nitrogen and oxygen atoms in total. The van der Waals surface area contributed by atoms with Crippen LogP contribution in [-0.4, -0.2) is 20.1 Å². The van der Waals surface area contributed by atoms with Gasteiger partial charge in [0.15, 0.2) is 5.82 Å². The van der Waals surface area contributed by atoms with Crippen molar-refractivity contribution in [2.24, 2.45) is 0 Å². The van der Waals surface area contributed by atoms with Crippen molar-refractivity contribution in [2.45, 2.75) is 33.2 Å². The molecule has 17 heavy (non-hydrogen) atoms. The van der Waals surface area contributed by atoms with Crippen molar-refractivity contribution in [3.8, 4) is 0 Å². The molecule has 6 heteroatoms.